The fourth-order valence-electron chi connectivity index (χ4n) is 2.32. The van der Waals surface area contributed by atoms with Crippen molar-refractivity contribution in [3.63, 3.8) is 0 Å². The molecule has 1 saturated carbocycles. The summed E-state index contributed by atoms with van der Waals surface area (Å²) in [6.45, 7) is 0. The lowest BCUT2D eigenvalue weighted by atomic mass is 9.77. The van der Waals surface area contributed by atoms with Crippen molar-refractivity contribution in [3.05, 3.63) is 28.8 Å². The Morgan fingerprint density at radius 1 is 1.37 bits per heavy atom. The minimum absolute atomic E-state index is 0. The molecule has 1 aliphatic carbocycles. The molecular weight excluding hydrogens is 283 g/mol. The van der Waals surface area contributed by atoms with Gasteiger partial charge in [-0.15, -0.1) is 12.4 Å². The highest BCUT2D eigenvalue weighted by molar-refractivity contribution is 6.31. The van der Waals surface area contributed by atoms with Crippen molar-refractivity contribution in [2.75, 3.05) is 19.0 Å². The lowest BCUT2D eigenvalue weighted by Gasteiger charge is -2.34. The molecule has 0 bridgehead atoms. The minimum atomic E-state index is -0.485. The predicted octanol–water partition coefficient (Wildman–Crippen LogP) is 2.99. The Morgan fingerprint density at radius 3 is 2.42 bits per heavy atom. The van der Waals surface area contributed by atoms with E-state index in [1.165, 1.54) is 6.42 Å². The molecular formula is C14H22Cl2N2O. The number of aliphatic hydroxyl groups is 1. The molecule has 19 heavy (non-hydrogen) atoms. The van der Waals surface area contributed by atoms with E-state index in [2.05, 4.69) is 0 Å². The number of benzene rings is 1. The smallest absolute Gasteiger partial charge is 0.0761 e. The molecule has 108 valence electrons. The van der Waals surface area contributed by atoms with E-state index in [1.807, 2.05) is 37.2 Å². The Labute approximate surface area is 126 Å². The molecule has 1 aromatic rings. The van der Waals surface area contributed by atoms with Crippen LogP contribution in [0.5, 0.6) is 0 Å². The van der Waals surface area contributed by atoms with Gasteiger partial charge in [-0.05, 0) is 36.5 Å². The van der Waals surface area contributed by atoms with Gasteiger partial charge in [0.2, 0.25) is 0 Å². The van der Waals surface area contributed by atoms with Crippen molar-refractivity contribution in [2.24, 2.45) is 11.7 Å². The first-order valence-electron chi connectivity index (χ1n) is 6.41. The number of halogens is 2. The Morgan fingerprint density at radius 2 is 2.00 bits per heavy atom. The zero-order chi connectivity index (χ0) is 13.3. The number of hydrogen-bond donors (Lipinski definition) is 2. The Hall–Kier alpha value is -0.480. The Kier molecular flexibility index (Phi) is 5.93. The number of rotatable bonds is 4. The van der Waals surface area contributed by atoms with Gasteiger partial charge in [0.05, 0.1) is 12.1 Å². The van der Waals surface area contributed by atoms with Crippen LogP contribution in [0.3, 0.4) is 0 Å². The highest BCUT2D eigenvalue weighted by Gasteiger charge is 2.31. The largest absolute Gasteiger partial charge is 0.391 e. The summed E-state index contributed by atoms with van der Waals surface area (Å²) in [4.78, 5) is 1.99. The zero-order valence-corrected chi connectivity index (χ0v) is 12.9. The maximum absolute atomic E-state index is 10.2. The van der Waals surface area contributed by atoms with E-state index in [9.17, 15) is 5.11 Å². The molecule has 0 aromatic heterocycles. The summed E-state index contributed by atoms with van der Waals surface area (Å²) in [7, 11) is 3.93. The fourth-order valence-corrected chi connectivity index (χ4v) is 2.62. The summed E-state index contributed by atoms with van der Waals surface area (Å²) in [5, 5.41) is 10.8. The molecule has 2 atom stereocenters. The van der Waals surface area contributed by atoms with Crippen LogP contribution in [0, 0.1) is 5.92 Å². The summed E-state index contributed by atoms with van der Waals surface area (Å²) >= 11 is 6.26. The lowest BCUT2D eigenvalue weighted by Crippen LogP contribution is -2.36. The summed E-state index contributed by atoms with van der Waals surface area (Å²) in [6, 6.07) is 5.40. The first-order valence-corrected chi connectivity index (χ1v) is 6.79. The van der Waals surface area contributed by atoms with Crippen molar-refractivity contribution in [3.8, 4) is 0 Å². The van der Waals surface area contributed by atoms with E-state index < -0.39 is 6.10 Å². The van der Waals surface area contributed by atoms with Crippen LogP contribution in [-0.2, 0) is 0 Å². The quantitative estimate of drug-likeness (QED) is 0.899. The zero-order valence-electron chi connectivity index (χ0n) is 11.3. The first kappa shape index (κ1) is 16.6. The van der Waals surface area contributed by atoms with Crippen molar-refractivity contribution in [1.82, 2.24) is 0 Å². The molecule has 0 saturated heterocycles. The van der Waals surface area contributed by atoms with E-state index in [-0.39, 0.29) is 18.4 Å². The van der Waals surface area contributed by atoms with Crippen molar-refractivity contribution in [2.45, 2.75) is 31.4 Å². The van der Waals surface area contributed by atoms with Crippen molar-refractivity contribution >= 4 is 29.7 Å². The van der Waals surface area contributed by atoms with Crippen LogP contribution in [0.2, 0.25) is 5.02 Å². The van der Waals surface area contributed by atoms with Crippen molar-refractivity contribution < 1.29 is 5.11 Å². The Balaban J connectivity index is 0.00000180. The maximum Gasteiger partial charge on any atom is 0.0761 e. The maximum atomic E-state index is 10.2. The molecule has 2 rings (SSSR count). The highest BCUT2D eigenvalue weighted by Crippen LogP contribution is 2.36. The number of aliphatic hydroxyl groups excluding tert-OH is 1. The molecule has 3 nitrogen and oxygen atoms in total. The SMILES string of the molecule is CN(C)c1ccc([C@H](N)[C@H](O)C2CCC2)c(Cl)c1.Cl. The van der Waals surface area contributed by atoms with Crippen LogP contribution in [0.25, 0.3) is 0 Å². The monoisotopic (exact) mass is 304 g/mol. The minimum Gasteiger partial charge on any atom is -0.391 e. The molecule has 5 heteroatoms. The lowest BCUT2D eigenvalue weighted by molar-refractivity contribution is 0.0414. The number of nitrogens with two attached hydrogens (primary N) is 1. The molecule has 0 unspecified atom stereocenters. The molecule has 1 fully saturated rings. The van der Waals surface area contributed by atoms with Gasteiger partial charge in [0, 0.05) is 24.8 Å². The Bertz CT molecular complexity index is 422. The van der Waals surface area contributed by atoms with Crippen LogP contribution in [-0.4, -0.2) is 25.3 Å². The molecule has 0 aliphatic heterocycles. The van der Waals surface area contributed by atoms with Gasteiger partial charge in [0.25, 0.3) is 0 Å². The second kappa shape index (κ2) is 6.80. The third-order valence-corrected chi connectivity index (χ3v) is 4.19. The molecule has 1 aliphatic rings. The van der Waals surface area contributed by atoms with Gasteiger partial charge in [0.1, 0.15) is 0 Å². The third kappa shape index (κ3) is 3.54. The molecule has 0 amide bonds. The van der Waals surface area contributed by atoms with Crippen LogP contribution in [0.1, 0.15) is 30.9 Å². The second-order valence-electron chi connectivity index (χ2n) is 5.31. The van der Waals surface area contributed by atoms with Gasteiger partial charge < -0.3 is 15.7 Å². The topological polar surface area (TPSA) is 49.5 Å². The van der Waals surface area contributed by atoms with E-state index in [0.717, 1.165) is 24.1 Å². The average Bonchev–Trinajstić information content (AvgIpc) is 2.25. The standard InChI is InChI=1S/C14H21ClN2O.ClH/c1-17(2)10-6-7-11(12(15)8-10)13(16)14(18)9-4-3-5-9;/h6-9,13-14,18H,3-5,16H2,1-2H3;1H/t13-,14+;/m0./s1. The summed E-state index contributed by atoms with van der Waals surface area (Å²) in [5.74, 6) is 0.338. The van der Waals surface area contributed by atoms with Crippen LogP contribution in [0.4, 0.5) is 5.69 Å². The van der Waals surface area contributed by atoms with Crippen molar-refractivity contribution in [1.29, 1.82) is 0 Å². The van der Waals surface area contributed by atoms with Crippen LogP contribution < -0.4 is 10.6 Å². The summed E-state index contributed by atoms with van der Waals surface area (Å²) in [5.41, 5.74) is 8.00. The number of anilines is 1. The molecule has 3 N–H and O–H groups in total. The number of nitrogens with zero attached hydrogens (tertiary/aromatic N) is 1. The van der Waals surface area contributed by atoms with Gasteiger partial charge in [-0.1, -0.05) is 24.1 Å². The fraction of sp³-hybridized carbons (Fsp3) is 0.571. The second-order valence-corrected chi connectivity index (χ2v) is 5.71. The predicted molar refractivity (Wildman–Crippen MR) is 83.3 cm³/mol. The van der Waals surface area contributed by atoms with E-state index in [4.69, 9.17) is 17.3 Å². The van der Waals surface area contributed by atoms with Gasteiger partial charge in [-0.25, -0.2) is 0 Å². The van der Waals surface area contributed by atoms with Gasteiger partial charge in [-0.3, -0.25) is 0 Å². The normalized spacial score (nSPS) is 18.2. The molecule has 0 radical (unpaired) electrons. The van der Waals surface area contributed by atoms with E-state index in [1.54, 1.807) is 0 Å². The van der Waals surface area contributed by atoms with E-state index >= 15 is 0 Å². The molecule has 1 aromatic carbocycles. The number of hydrogen-bond acceptors (Lipinski definition) is 3. The van der Waals surface area contributed by atoms with Gasteiger partial charge in [0.15, 0.2) is 0 Å². The van der Waals surface area contributed by atoms with Crippen LogP contribution >= 0.6 is 24.0 Å². The first-order chi connectivity index (χ1) is 8.50. The van der Waals surface area contributed by atoms with E-state index in [0.29, 0.717) is 10.9 Å². The molecule has 0 spiro atoms. The van der Waals surface area contributed by atoms with Gasteiger partial charge >= 0.3 is 0 Å². The average molecular weight is 305 g/mol. The highest BCUT2D eigenvalue weighted by atomic mass is 35.5. The molecule has 0 heterocycles. The van der Waals surface area contributed by atoms with Crippen LogP contribution in [0.15, 0.2) is 18.2 Å². The summed E-state index contributed by atoms with van der Waals surface area (Å²) in [6.07, 6.45) is 2.85. The summed E-state index contributed by atoms with van der Waals surface area (Å²) < 4.78 is 0. The van der Waals surface area contributed by atoms with Gasteiger partial charge in [-0.2, -0.15) is 0 Å². The third-order valence-electron chi connectivity index (χ3n) is 3.86.